The number of rotatable bonds is 9. The molecule has 4 aromatic rings. The lowest BCUT2D eigenvalue weighted by Gasteiger charge is -2.26. The van der Waals surface area contributed by atoms with E-state index < -0.39 is 23.8 Å². The van der Waals surface area contributed by atoms with Gasteiger partial charge in [0.25, 0.3) is 17.7 Å². The van der Waals surface area contributed by atoms with E-state index in [9.17, 15) is 19.2 Å². The number of barbiturate groups is 1. The van der Waals surface area contributed by atoms with Crippen molar-refractivity contribution in [3.63, 3.8) is 0 Å². The largest absolute Gasteiger partial charge is 0.489 e. The molecule has 1 heterocycles. The molecule has 0 aliphatic carbocycles. The second kappa shape index (κ2) is 13.9. The summed E-state index contributed by atoms with van der Waals surface area (Å²) in [4.78, 5) is 52.8. The van der Waals surface area contributed by atoms with Gasteiger partial charge in [0.15, 0.2) is 6.61 Å². The van der Waals surface area contributed by atoms with Gasteiger partial charge >= 0.3 is 6.03 Å². The van der Waals surface area contributed by atoms with Crippen molar-refractivity contribution >= 4 is 73.1 Å². The zero-order valence-corrected chi connectivity index (χ0v) is 27.4. The summed E-state index contributed by atoms with van der Waals surface area (Å²) in [5, 5.41) is 5.05. The van der Waals surface area contributed by atoms with Gasteiger partial charge in [-0.2, -0.15) is 0 Å². The minimum atomic E-state index is -0.880. The number of carbonyl (C=O) groups is 4. The van der Waals surface area contributed by atoms with Crippen LogP contribution < -0.4 is 25.0 Å². The Morgan fingerprint density at radius 3 is 2.36 bits per heavy atom. The number of hydrogen-bond acceptors (Lipinski definition) is 6. The van der Waals surface area contributed by atoms with Gasteiger partial charge in [-0.25, -0.2) is 9.69 Å². The molecule has 1 aliphatic heterocycles. The number of nitrogens with zero attached hydrogens (tertiary/aromatic N) is 1. The van der Waals surface area contributed by atoms with Crippen LogP contribution in [-0.2, 0) is 21.0 Å². The van der Waals surface area contributed by atoms with Gasteiger partial charge in [0.1, 0.15) is 23.7 Å². The molecule has 4 aromatic carbocycles. The second-order valence-corrected chi connectivity index (χ2v) is 12.0. The van der Waals surface area contributed by atoms with Gasteiger partial charge in [-0.15, -0.1) is 0 Å². The van der Waals surface area contributed by atoms with Crippen molar-refractivity contribution in [1.82, 2.24) is 5.32 Å². The molecule has 5 amide bonds. The molecule has 1 fully saturated rings. The maximum absolute atomic E-state index is 13.6. The zero-order chi connectivity index (χ0) is 32.1. The van der Waals surface area contributed by atoms with Gasteiger partial charge in [0, 0.05) is 15.7 Å². The third kappa shape index (κ3) is 7.68. The van der Waals surface area contributed by atoms with E-state index in [1.807, 2.05) is 62.4 Å². The average Bonchev–Trinajstić information content (AvgIpc) is 3.00. The fourth-order valence-corrected chi connectivity index (χ4v) is 5.97. The number of aryl methyl sites for hydroxylation is 2. The van der Waals surface area contributed by atoms with Crippen molar-refractivity contribution in [2.24, 2.45) is 0 Å². The van der Waals surface area contributed by atoms with Crippen molar-refractivity contribution in [2.45, 2.75) is 20.5 Å². The number of ether oxygens (including phenoxy) is 2. The Morgan fingerprint density at radius 2 is 1.64 bits per heavy atom. The third-order valence-electron chi connectivity index (χ3n) is 6.79. The van der Waals surface area contributed by atoms with Gasteiger partial charge in [0.05, 0.1) is 10.2 Å². The van der Waals surface area contributed by atoms with Crippen LogP contribution in [0.15, 0.2) is 99.4 Å². The Kier molecular flexibility index (Phi) is 9.80. The topological polar surface area (TPSA) is 114 Å². The van der Waals surface area contributed by atoms with E-state index in [-0.39, 0.29) is 23.6 Å². The molecule has 45 heavy (non-hydrogen) atoms. The predicted molar refractivity (Wildman–Crippen MR) is 178 cm³/mol. The highest BCUT2D eigenvalue weighted by Crippen LogP contribution is 2.35. The lowest BCUT2D eigenvalue weighted by molar-refractivity contribution is -0.122. The Morgan fingerprint density at radius 1 is 0.911 bits per heavy atom. The smallest absolute Gasteiger partial charge is 0.335 e. The minimum absolute atomic E-state index is 0.227. The number of urea groups is 1. The Bertz CT molecular complexity index is 1820. The molecule has 0 bridgehead atoms. The molecule has 9 nitrogen and oxygen atoms in total. The van der Waals surface area contributed by atoms with E-state index in [1.54, 1.807) is 36.4 Å². The molecule has 1 aliphatic rings. The SMILES string of the molecule is Cc1ccc(NC(=O)COc2c(Br)cc(Br)cc2/C=C2/C(=O)NC(=O)N(c3ccc(OCc4ccccc4)cc3)C2=O)c(C)c1. The van der Waals surface area contributed by atoms with Crippen molar-refractivity contribution in [2.75, 3.05) is 16.8 Å². The Balaban J connectivity index is 1.35. The molecular weight excluding hydrogens is 706 g/mol. The predicted octanol–water partition coefficient (Wildman–Crippen LogP) is 7.09. The van der Waals surface area contributed by atoms with E-state index >= 15 is 0 Å². The zero-order valence-electron chi connectivity index (χ0n) is 24.2. The van der Waals surface area contributed by atoms with Gasteiger partial charge in [-0.1, -0.05) is 64.0 Å². The molecule has 5 rings (SSSR count). The van der Waals surface area contributed by atoms with Crippen LogP contribution in [-0.4, -0.2) is 30.4 Å². The van der Waals surface area contributed by atoms with Crippen LogP contribution in [0.2, 0.25) is 0 Å². The van der Waals surface area contributed by atoms with E-state index in [1.165, 1.54) is 6.08 Å². The summed E-state index contributed by atoms with van der Waals surface area (Å²) in [6, 6.07) is 24.2. The highest BCUT2D eigenvalue weighted by Gasteiger charge is 2.37. The number of amides is 5. The van der Waals surface area contributed by atoms with Crippen molar-refractivity contribution in [3.05, 3.63) is 122 Å². The van der Waals surface area contributed by atoms with Crippen molar-refractivity contribution in [1.29, 1.82) is 0 Å². The van der Waals surface area contributed by atoms with Gasteiger partial charge < -0.3 is 14.8 Å². The highest BCUT2D eigenvalue weighted by molar-refractivity contribution is 9.11. The normalized spacial score (nSPS) is 13.9. The Labute approximate surface area is 276 Å². The first-order valence-electron chi connectivity index (χ1n) is 13.8. The first kappa shape index (κ1) is 31.7. The van der Waals surface area contributed by atoms with Gasteiger partial charge in [0.2, 0.25) is 0 Å². The molecule has 2 N–H and O–H groups in total. The van der Waals surface area contributed by atoms with Crippen LogP contribution in [0.1, 0.15) is 22.3 Å². The number of carbonyl (C=O) groups excluding carboxylic acids is 4. The molecule has 1 saturated heterocycles. The van der Waals surface area contributed by atoms with E-state index in [0.29, 0.717) is 32.6 Å². The summed E-state index contributed by atoms with van der Waals surface area (Å²) in [5.74, 6) is -1.31. The van der Waals surface area contributed by atoms with E-state index in [2.05, 4.69) is 42.5 Å². The quantitative estimate of drug-likeness (QED) is 0.140. The summed E-state index contributed by atoms with van der Waals surface area (Å²) >= 11 is 6.86. The van der Waals surface area contributed by atoms with Crippen LogP contribution in [0.4, 0.5) is 16.2 Å². The van der Waals surface area contributed by atoms with Crippen LogP contribution in [0, 0.1) is 13.8 Å². The number of benzene rings is 4. The fraction of sp³-hybridized carbons (Fsp3) is 0.118. The Hall–Kier alpha value is -4.74. The molecule has 0 radical (unpaired) electrons. The standard InChI is InChI=1S/C34H27Br2N3O6/c1-20-8-13-29(21(2)14-20)37-30(40)19-45-31-23(15-24(35)17-28(31)36)16-27-32(41)38-34(43)39(33(27)42)25-9-11-26(12-10-25)44-18-22-6-4-3-5-7-22/h3-17H,18-19H2,1-2H3,(H,37,40)(H,38,41,43)/b27-16-. The highest BCUT2D eigenvalue weighted by atomic mass is 79.9. The number of imide groups is 2. The van der Waals surface area contributed by atoms with Gasteiger partial charge in [-0.3, -0.25) is 19.7 Å². The van der Waals surface area contributed by atoms with E-state index in [4.69, 9.17) is 9.47 Å². The van der Waals surface area contributed by atoms with Crippen LogP contribution in [0.3, 0.4) is 0 Å². The molecule has 0 saturated carbocycles. The summed E-state index contributed by atoms with van der Waals surface area (Å²) in [6.07, 6.45) is 1.32. The molecule has 11 heteroatoms. The number of nitrogens with one attached hydrogen (secondary N) is 2. The van der Waals surface area contributed by atoms with Crippen LogP contribution >= 0.6 is 31.9 Å². The number of halogens is 2. The van der Waals surface area contributed by atoms with E-state index in [0.717, 1.165) is 21.6 Å². The lowest BCUT2D eigenvalue weighted by atomic mass is 10.1. The minimum Gasteiger partial charge on any atom is -0.489 e. The van der Waals surface area contributed by atoms with Gasteiger partial charge in [-0.05, 0) is 89.4 Å². The summed E-state index contributed by atoms with van der Waals surface area (Å²) in [7, 11) is 0. The van der Waals surface area contributed by atoms with Crippen LogP contribution in [0.5, 0.6) is 11.5 Å². The summed E-state index contributed by atoms with van der Waals surface area (Å²) < 4.78 is 12.8. The molecule has 0 spiro atoms. The monoisotopic (exact) mass is 731 g/mol. The summed E-state index contributed by atoms with van der Waals surface area (Å²) in [6.45, 7) is 3.87. The third-order valence-corrected chi connectivity index (χ3v) is 7.83. The van der Waals surface area contributed by atoms with Crippen LogP contribution in [0.25, 0.3) is 6.08 Å². The first-order valence-corrected chi connectivity index (χ1v) is 15.3. The summed E-state index contributed by atoms with van der Waals surface area (Å²) in [5.41, 5.74) is 3.92. The fourth-order valence-electron chi connectivity index (χ4n) is 4.60. The maximum atomic E-state index is 13.6. The molecule has 0 aromatic heterocycles. The van der Waals surface area contributed by atoms with Crippen molar-refractivity contribution < 1.29 is 28.7 Å². The average molecular weight is 733 g/mol. The number of anilines is 2. The molecular formula is C34H27Br2N3O6. The lowest BCUT2D eigenvalue weighted by Crippen LogP contribution is -2.54. The number of hydrogen-bond donors (Lipinski definition) is 2. The molecule has 228 valence electrons. The molecule has 0 unspecified atom stereocenters. The molecule has 0 atom stereocenters. The first-order chi connectivity index (χ1) is 21.6. The second-order valence-electron chi connectivity index (χ2n) is 10.2. The van der Waals surface area contributed by atoms with Crippen molar-refractivity contribution in [3.8, 4) is 11.5 Å². The maximum Gasteiger partial charge on any atom is 0.335 e.